The highest BCUT2D eigenvalue weighted by Gasteiger charge is 2.10. The van der Waals surface area contributed by atoms with Crippen molar-refractivity contribution in [2.45, 2.75) is 0 Å². The van der Waals surface area contributed by atoms with Gasteiger partial charge >= 0.3 is 0 Å². The summed E-state index contributed by atoms with van der Waals surface area (Å²) in [6.07, 6.45) is 0. The maximum atomic E-state index is 8.92. The summed E-state index contributed by atoms with van der Waals surface area (Å²) in [5.41, 5.74) is 1.70. The standard InChI is InChI=1S/C15H16O4/c16-9-10-18-14-7-3-1-5-12(14)13-6-2-4-8-15(13)19-11-17/h1-8,16-17H,9-11H2. The van der Waals surface area contributed by atoms with Crippen molar-refractivity contribution in [3.63, 3.8) is 0 Å². The molecule has 2 rings (SSSR count). The lowest BCUT2D eigenvalue weighted by Crippen LogP contribution is -2.03. The van der Waals surface area contributed by atoms with Crippen molar-refractivity contribution in [1.82, 2.24) is 0 Å². The zero-order chi connectivity index (χ0) is 13.5. The molecule has 2 aromatic carbocycles. The summed E-state index contributed by atoms with van der Waals surface area (Å²) in [5.74, 6) is 1.26. The molecule has 2 N–H and O–H groups in total. The van der Waals surface area contributed by atoms with Gasteiger partial charge in [0.25, 0.3) is 0 Å². The predicted molar refractivity (Wildman–Crippen MR) is 72.2 cm³/mol. The van der Waals surface area contributed by atoms with Crippen molar-refractivity contribution < 1.29 is 19.7 Å². The van der Waals surface area contributed by atoms with Crippen LogP contribution >= 0.6 is 0 Å². The third-order valence-corrected chi connectivity index (χ3v) is 2.63. The number of hydrogen-bond donors (Lipinski definition) is 2. The monoisotopic (exact) mass is 260 g/mol. The molecule has 0 heterocycles. The lowest BCUT2D eigenvalue weighted by Gasteiger charge is -2.13. The molecule has 100 valence electrons. The summed E-state index contributed by atoms with van der Waals surface area (Å²) in [4.78, 5) is 0. The molecular formula is C15H16O4. The van der Waals surface area contributed by atoms with Gasteiger partial charge in [-0.1, -0.05) is 36.4 Å². The van der Waals surface area contributed by atoms with Gasteiger partial charge in [-0.05, 0) is 12.1 Å². The second-order valence-corrected chi connectivity index (χ2v) is 3.84. The van der Waals surface area contributed by atoms with Gasteiger partial charge < -0.3 is 19.7 Å². The summed E-state index contributed by atoms with van der Waals surface area (Å²) in [7, 11) is 0. The van der Waals surface area contributed by atoms with Crippen molar-refractivity contribution in [2.24, 2.45) is 0 Å². The Morgan fingerprint density at radius 3 is 1.79 bits per heavy atom. The van der Waals surface area contributed by atoms with Crippen LogP contribution in [0.4, 0.5) is 0 Å². The molecule has 2 aromatic rings. The van der Waals surface area contributed by atoms with Gasteiger partial charge in [0.1, 0.15) is 18.1 Å². The van der Waals surface area contributed by atoms with Gasteiger partial charge in [-0.15, -0.1) is 0 Å². The first-order chi connectivity index (χ1) is 9.36. The van der Waals surface area contributed by atoms with E-state index in [0.717, 1.165) is 11.1 Å². The molecule has 4 heteroatoms. The van der Waals surface area contributed by atoms with Gasteiger partial charge in [-0.3, -0.25) is 0 Å². The molecule has 0 fully saturated rings. The number of aliphatic hydroxyl groups excluding tert-OH is 2. The van der Waals surface area contributed by atoms with Gasteiger partial charge in [-0.2, -0.15) is 0 Å². The van der Waals surface area contributed by atoms with Crippen molar-refractivity contribution >= 4 is 0 Å². The normalized spacial score (nSPS) is 10.2. The van der Waals surface area contributed by atoms with E-state index in [0.29, 0.717) is 11.5 Å². The van der Waals surface area contributed by atoms with E-state index in [2.05, 4.69) is 0 Å². The molecule has 4 nitrogen and oxygen atoms in total. The molecule has 0 amide bonds. The maximum Gasteiger partial charge on any atom is 0.186 e. The third kappa shape index (κ3) is 3.24. The van der Waals surface area contributed by atoms with E-state index in [1.54, 1.807) is 6.07 Å². The predicted octanol–water partition coefficient (Wildman–Crippen LogP) is 2.05. The minimum Gasteiger partial charge on any atom is -0.491 e. The molecule has 0 aliphatic heterocycles. The number of benzene rings is 2. The van der Waals surface area contributed by atoms with E-state index in [1.165, 1.54) is 0 Å². The third-order valence-electron chi connectivity index (χ3n) is 2.63. The van der Waals surface area contributed by atoms with Crippen LogP contribution in [0.1, 0.15) is 0 Å². The smallest absolute Gasteiger partial charge is 0.186 e. The fraction of sp³-hybridized carbons (Fsp3) is 0.200. The summed E-state index contributed by atoms with van der Waals surface area (Å²) < 4.78 is 10.7. The molecule has 0 saturated carbocycles. The highest BCUT2D eigenvalue weighted by Crippen LogP contribution is 2.36. The van der Waals surface area contributed by atoms with E-state index >= 15 is 0 Å². The number of rotatable bonds is 6. The molecule has 0 aliphatic rings. The fourth-order valence-electron chi connectivity index (χ4n) is 1.86. The maximum absolute atomic E-state index is 8.92. The SMILES string of the molecule is OCCOc1ccccc1-c1ccccc1OCO. The van der Waals surface area contributed by atoms with Crippen LogP contribution in [0.5, 0.6) is 11.5 Å². The summed E-state index contributed by atoms with van der Waals surface area (Å²) in [6.45, 7) is -0.181. The largest absolute Gasteiger partial charge is 0.491 e. The van der Waals surface area contributed by atoms with Crippen molar-refractivity contribution in [3.05, 3.63) is 48.5 Å². The molecule has 0 saturated heterocycles. The average Bonchev–Trinajstić information content (AvgIpc) is 2.46. The zero-order valence-electron chi connectivity index (χ0n) is 10.5. The molecule has 0 bridgehead atoms. The summed E-state index contributed by atoms with van der Waals surface area (Å²) >= 11 is 0. The van der Waals surface area contributed by atoms with E-state index < -0.39 is 0 Å². The Morgan fingerprint density at radius 2 is 1.26 bits per heavy atom. The van der Waals surface area contributed by atoms with Crippen molar-refractivity contribution in [1.29, 1.82) is 0 Å². The van der Waals surface area contributed by atoms with Gasteiger partial charge in [0.05, 0.1) is 6.61 Å². The number of hydrogen-bond acceptors (Lipinski definition) is 4. The molecule has 0 aliphatic carbocycles. The second kappa shape index (κ2) is 6.78. The number of para-hydroxylation sites is 2. The Balaban J connectivity index is 2.40. The lowest BCUT2D eigenvalue weighted by molar-refractivity contribution is 0.0990. The van der Waals surface area contributed by atoms with Crippen LogP contribution in [0.3, 0.4) is 0 Å². The lowest BCUT2D eigenvalue weighted by atomic mass is 10.0. The molecule has 0 atom stereocenters. The van der Waals surface area contributed by atoms with Crippen LogP contribution in [0.15, 0.2) is 48.5 Å². The Morgan fingerprint density at radius 1 is 0.737 bits per heavy atom. The molecule has 0 aromatic heterocycles. The van der Waals surface area contributed by atoms with Gasteiger partial charge in [-0.25, -0.2) is 0 Å². The van der Waals surface area contributed by atoms with Crippen molar-refractivity contribution in [2.75, 3.05) is 20.0 Å². The Hall–Kier alpha value is -2.04. The minimum absolute atomic E-state index is 0.0386. The topological polar surface area (TPSA) is 58.9 Å². The first-order valence-electron chi connectivity index (χ1n) is 6.02. The van der Waals surface area contributed by atoms with E-state index in [9.17, 15) is 0 Å². The van der Waals surface area contributed by atoms with Crippen LogP contribution in [-0.2, 0) is 0 Å². The van der Waals surface area contributed by atoms with Gasteiger partial charge in [0, 0.05) is 11.1 Å². The van der Waals surface area contributed by atoms with Crippen LogP contribution in [0.2, 0.25) is 0 Å². The van der Waals surface area contributed by atoms with Crippen LogP contribution in [0, 0.1) is 0 Å². The van der Waals surface area contributed by atoms with Crippen LogP contribution < -0.4 is 9.47 Å². The number of ether oxygens (including phenoxy) is 2. The van der Waals surface area contributed by atoms with Crippen LogP contribution in [0.25, 0.3) is 11.1 Å². The first kappa shape index (κ1) is 13.4. The Kier molecular flexibility index (Phi) is 4.78. The highest BCUT2D eigenvalue weighted by molar-refractivity contribution is 5.75. The Labute approximate surface area is 111 Å². The summed E-state index contributed by atoms with van der Waals surface area (Å²) in [5, 5.41) is 17.8. The fourth-order valence-corrected chi connectivity index (χ4v) is 1.86. The zero-order valence-corrected chi connectivity index (χ0v) is 10.5. The average molecular weight is 260 g/mol. The second-order valence-electron chi connectivity index (χ2n) is 3.84. The Bertz CT molecular complexity index is 525. The molecule has 19 heavy (non-hydrogen) atoms. The van der Waals surface area contributed by atoms with E-state index in [-0.39, 0.29) is 20.0 Å². The quantitative estimate of drug-likeness (QED) is 0.780. The molecular weight excluding hydrogens is 244 g/mol. The highest BCUT2D eigenvalue weighted by atomic mass is 16.6. The van der Waals surface area contributed by atoms with Crippen molar-refractivity contribution in [3.8, 4) is 22.6 Å². The molecule has 0 spiro atoms. The van der Waals surface area contributed by atoms with Gasteiger partial charge in [0.15, 0.2) is 6.79 Å². The summed E-state index contributed by atoms with van der Waals surface area (Å²) in [6, 6.07) is 14.9. The van der Waals surface area contributed by atoms with Crippen LogP contribution in [-0.4, -0.2) is 30.2 Å². The first-order valence-corrected chi connectivity index (χ1v) is 6.02. The van der Waals surface area contributed by atoms with Gasteiger partial charge in [0.2, 0.25) is 0 Å². The van der Waals surface area contributed by atoms with E-state index in [1.807, 2.05) is 42.5 Å². The molecule has 0 unspecified atom stereocenters. The minimum atomic E-state index is -0.378. The molecule has 0 radical (unpaired) electrons. The van der Waals surface area contributed by atoms with E-state index in [4.69, 9.17) is 19.7 Å². The number of aliphatic hydroxyl groups is 2.